The van der Waals surface area contributed by atoms with Gasteiger partial charge in [-0.3, -0.25) is 0 Å². The minimum Gasteiger partial charge on any atom is -0.488 e. The van der Waals surface area contributed by atoms with Crippen LogP contribution in [0, 0.1) is 26.2 Å². The lowest BCUT2D eigenvalue weighted by Crippen LogP contribution is -1.98. The summed E-state index contributed by atoms with van der Waals surface area (Å²) in [5.41, 5.74) is 3.03. The third kappa shape index (κ3) is 2.17. The van der Waals surface area contributed by atoms with Crippen molar-refractivity contribution < 1.29 is 4.74 Å². The quantitative estimate of drug-likeness (QED) is 0.521. The minimum absolute atomic E-state index is 0.485. The molecule has 1 aromatic carbocycles. The molecule has 0 fully saturated rings. The van der Waals surface area contributed by atoms with E-state index in [2.05, 4.69) is 18.6 Å². The zero-order valence-electron chi connectivity index (χ0n) is 8.63. The van der Waals surface area contributed by atoms with E-state index in [1.54, 1.807) is 6.08 Å². The fourth-order valence-electron chi connectivity index (χ4n) is 1.40. The third-order valence-electron chi connectivity index (χ3n) is 1.92. The Morgan fingerprint density at radius 2 is 2.21 bits per heavy atom. The van der Waals surface area contributed by atoms with Crippen molar-refractivity contribution in [1.82, 2.24) is 0 Å². The summed E-state index contributed by atoms with van der Waals surface area (Å²) in [6.45, 7) is 8.10. The van der Waals surface area contributed by atoms with Crippen molar-refractivity contribution in [3.8, 4) is 18.1 Å². The summed E-state index contributed by atoms with van der Waals surface area (Å²) in [6.07, 6.45) is 7.11. The molecule has 0 aromatic heterocycles. The SMILES string of the molecule is C#Cc1cc(C)cc(C)c1OCC=C. The van der Waals surface area contributed by atoms with Crippen molar-refractivity contribution >= 4 is 0 Å². The first-order chi connectivity index (χ1) is 6.69. The average molecular weight is 186 g/mol. The molecule has 0 aliphatic rings. The molecule has 0 spiro atoms. The summed E-state index contributed by atoms with van der Waals surface area (Å²) in [7, 11) is 0. The summed E-state index contributed by atoms with van der Waals surface area (Å²) in [5.74, 6) is 3.42. The van der Waals surface area contributed by atoms with Crippen LogP contribution in [0.3, 0.4) is 0 Å². The monoisotopic (exact) mass is 186 g/mol. The molecule has 1 nitrogen and oxygen atoms in total. The van der Waals surface area contributed by atoms with Crippen molar-refractivity contribution in [3.05, 3.63) is 41.5 Å². The van der Waals surface area contributed by atoms with Crippen LogP contribution in [0.5, 0.6) is 5.75 Å². The first kappa shape index (κ1) is 10.4. The Morgan fingerprint density at radius 1 is 1.50 bits per heavy atom. The van der Waals surface area contributed by atoms with Gasteiger partial charge in [-0.05, 0) is 31.0 Å². The molecule has 0 amide bonds. The first-order valence-corrected chi connectivity index (χ1v) is 4.50. The van der Waals surface area contributed by atoms with Crippen LogP contribution < -0.4 is 4.74 Å². The molecule has 1 heteroatoms. The summed E-state index contributed by atoms with van der Waals surface area (Å²) >= 11 is 0. The van der Waals surface area contributed by atoms with Gasteiger partial charge in [-0.1, -0.05) is 24.6 Å². The van der Waals surface area contributed by atoms with Gasteiger partial charge in [0.25, 0.3) is 0 Å². The highest BCUT2D eigenvalue weighted by Gasteiger charge is 2.05. The highest BCUT2D eigenvalue weighted by Crippen LogP contribution is 2.24. The number of hydrogen-bond acceptors (Lipinski definition) is 1. The minimum atomic E-state index is 0.485. The maximum absolute atomic E-state index is 5.50. The van der Waals surface area contributed by atoms with Gasteiger partial charge in [-0.25, -0.2) is 0 Å². The van der Waals surface area contributed by atoms with E-state index in [1.807, 2.05) is 19.9 Å². The molecule has 0 unspecified atom stereocenters. The standard InChI is InChI=1S/C13H14O/c1-5-7-14-13-11(4)8-10(3)9-12(13)6-2/h2,5,8-9H,1,7H2,3-4H3. The molecule has 0 aliphatic carbocycles. The third-order valence-corrected chi connectivity index (χ3v) is 1.92. The Morgan fingerprint density at radius 3 is 2.79 bits per heavy atom. The van der Waals surface area contributed by atoms with Gasteiger partial charge in [0.1, 0.15) is 12.4 Å². The molecular formula is C13H14O. The number of terminal acetylenes is 1. The number of rotatable bonds is 3. The van der Waals surface area contributed by atoms with Gasteiger partial charge in [0.2, 0.25) is 0 Å². The first-order valence-electron chi connectivity index (χ1n) is 4.50. The van der Waals surface area contributed by atoms with E-state index in [0.717, 1.165) is 22.4 Å². The number of hydrogen-bond donors (Lipinski definition) is 0. The molecule has 0 saturated carbocycles. The highest BCUT2D eigenvalue weighted by atomic mass is 16.5. The summed E-state index contributed by atoms with van der Waals surface area (Å²) in [6, 6.07) is 4.00. The molecule has 72 valence electrons. The zero-order valence-corrected chi connectivity index (χ0v) is 8.63. The Hall–Kier alpha value is -1.68. The number of aryl methyl sites for hydroxylation is 2. The van der Waals surface area contributed by atoms with Crippen LogP contribution in [-0.4, -0.2) is 6.61 Å². The Balaban J connectivity index is 3.13. The van der Waals surface area contributed by atoms with Crippen molar-refractivity contribution in [2.24, 2.45) is 0 Å². The second-order valence-corrected chi connectivity index (χ2v) is 3.20. The molecule has 0 aliphatic heterocycles. The van der Waals surface area contributed by atoms with E-state index >= 15 is 0 Å². The summed E-state index contributed by atoms with van der Waals surface area (Å²) in [4.78, 5) is 0. The van der Waals surface area contributed by atoms with Gasteiger partial charge in [0.15, 0.2) is 0 Å². The zero-order chi connectivity index (χ0) is 10.6. The molecule has 1 aromatic rings. The van der Waals surface area contributed by atoms with E-state index in [-0.39, 0.29) is 0 Å². The fourth-order valence-corrected chi connectivity index (χ4v) is 1.40. The van der Waals surface area contributed by atoms with Gasteiger partial charge < -0.3 is 4.74 Å². The van der Waals surface area contributed by atoms with Crippen molar-refractivity contribution in [1.29, 1.82) is 0 Å². The van der Waals surface area contributed by atoms with Crippen molar-refractivity contribution in [2.45, 2.75) is 13.8 Å². The summed E-state index contributed by atoms with van der Waals surface area (Å²) in [5, 5.41) is 0. The van der Waals surface area contributed by atoms with Gasteiger partial charge in [-0.15, -0.1) is 6.42 Å². The van der Waals surface area contributed by atoms with E-state index < -0.39 is 0 Å². The Bertz CT molecular complexity index is 383. The topological polar surface area (TPSA) is 9.23 Å². The predicted molar refractivity (Wildman–Crippen MR) is 59.5 cm³/mol. The maximum Gasteiger partial charge on any atom is 0.138 e. The molecule has 14 heavy (non-hydrogen) atoms. The number of ether oxygens (including phenoxy) is 1. The molecule has 0 radical (unpaired) electrons. The second-order valence-electron chi connectivity index (χ2n) is 3.20. The van der Waals surface area contributed by atoms with Crippen LogP contribution >= 0.6 is 0 Å². The molecule has 0 N–H and O–H groups in total. The molecule has 0 atom stereocenters. The number of benzene rings is 1. The van der Waals surface area contributed by atoms with Crippen LogP contribution in [0.25, 0.3) is 0 Å². The summed E-state index contributed by atoms with van der Waals surface area (Å²) < 4.78 is 5.50. The highest BCUT2D eigenvalue weighted by molar-refractivity contribution is 5.51. The average Bonchev–Trinajstić information content (AvgIpc) is 2.15. The molecular weight excluding hydrogens is 172 g/mol. The van der Waals surface area contributed by atoms with E-state index in [4.69, 9.17) is 11.2 Å². The van der Waals surface area contributed by atoms with Gasteiger partial charge >= 0.3 is 0 Å². The molecule has 0 heterocycles. The Labute approximate surface area is 85.4 Å². The van der Waals surface area contributed by atoms with Gasteiger partial charge in [0.05, 0.1) is 5.56 Å². The maximum atomic E-state index is 5.50. The van der Waals surface area contributed by atoms with E-state index in [9.17, 15) is 0 Å². The van der Waals surface area contributed by atoms with E-state index in [0.29, 0.717) is 6.61 Å². The largest absolute Gasteiger partial charge is 0.488 e. The van der Waals surface area contributed by atoms with Gasteiger partial charge in [0, 0.05) is 0 Å². The molecule has 0 bridgehead atoms. The molecule has 1 rings (SSSR count). The van der Waals surface area contributed by atoms with Crippen LogP contribution in [0.2, 0.25) is 0 Å². The molecule has 0 saturated heterocycles. The van der Waals surface area contributed by atoms with Crippen LogP contribution in [0.4, 0.5) is 0 Å². The lowest BCUT2D eigenvalue weighted by Gasteiger charge is -2.10. The van der Waals surface area contributed by atoms with Crippen molar-refractivity contribution in [2.75, 3.05) is 6.61 Å². The predicted octanol–water partition coefficient (Wildman–Crippen LogP) is 2.85. The van der Waals surface area contributed by atoms with E-state index in [1.165, 1.54) is 0 Å². The lowest BCUT2D eigenvalue weighted by atomic mass is 10.1. The normalized spacial score (nSPS) is 9.21. The smallest absolute Gasteiger partial charge is 0.138 e. The van der Waals surface area contributed by atoms with Gasteiger partial charge in [-0.2, -0.15) is 0 Å². The second kappa shape index (κ2) is 4.53. The van der Waals surface area contributed by atoms with Crippen LogP contribution in [0.15, 0.2) is 24.8 Å². The Kier molecular flexibility index (Phi) is 3.36. The van der Waals surface area contributed by atoms with Crippen molar-refractivity contribution in [3.63, 3.8) is 0 Å². The fraction of sp³-hybridized carbons (Fsp3) is 0.231. The van der Waals surface area contributed by atoms with Crippen LogP contribution in [-0.2, 0) is 0 Å². The van der Waals surface area contributed by atoms with Crippen LogP contribution in [0.1, 0.15) is 16.7 Å². The lowest BCUT2D eigenvalue weighted by molar-refractivity contribution is 0.359.